The first-order chi connectivity index (χ1) is 13.4. The standard InChI is InChI=1S/C19H21NO8/c1-11-6-15(24-2)16(25-3)7-12(11)10-28-19(21)13-8-17(26-4)18(27-5)9-14(13)20(22)23/h6-9H,10H2,1-5H3. The molecule has 0 bridgehead atoms. The van der Waals surface area contributed by atoms with E-state index in [1.165, 1.54) is 34.5 Å². The predicted octanol–water partition coefficient (Wildman–Crippen LogP) is 3.29. The van der Waals surface area contributed by atoms with Crippen LogP contribution in [0.4, 0.5) is 5.69 Å². The van der Waals surface area contributed by atoms with Crippen molar-refractivity contribution in [1.29, 1.82) is 0 Å². The van der Waals surface area contributed by atoms with E-state index >= 15 is 0 Å². The van der Waals surface area contributed by atoms with Crippen LogP contribution in [-0.2, 0) is 11.3 Å². The first-order valence-electron chi connectivity index (χ1n) is 8.15. The van der Waals surface area contributed by atoms with E-state index in [1.54, 1.807) is 12.1 Å². The highest BCUT2D eigenvalue weighted by atomic mass is 16.6. The van der Waals surface area contributed by atoms with Gasteiger partial charge in [-0.05, 0) is 30.2 Å². The summed E-state index contributed by atoms with van der Waals surface area (Å²) in [6.07, 6.45) is 0. The molecule has 0 spiro atoms. The van der Waals surface area contributed by atoms with Crippen LogP contribution in [0.5, 0.6) is 23.0 Å². The van der Waals surface area contributed by atoms with Crippen LogP contribution in [-0.4, -0.2) is 39.3 Å². The molecule has 0 aliphatic heterocycles. The largest absolute Gasteiger partial charge is 0.493 e. The third-order valence-corrected chi connectivity index (χ3v) is 4.12. The fourth-order valence-corrected chi connectivity index (χ4v) is 2.58. The monoisotopic (exact) mass is 391 g/mol. The number of hydrogen-bond acceptors (Lipinski definition) is 8. The number of nitrogens with zero attached hydrogens (tertiary/aromatic N) is 1. The molecule has 0 aliphatic rings. The summed E-state index contributed by atoms with van der Waals surface area (Å²) in [6, 6.07) is 5.78. The lowest BCUT2D eigenvalue weighted by atomic mass is 10.1. The highest BCUT2D eigenvalue weighted by Crippen LogP contribution is 2.35. The number of methoxy groups -OCH3 is 4. The average Bonchev–Trinajstić information content (AvgIpc) is 2.70. The number of nitro groups is 1. The molecular weight excluding hydrogens is 370 g/mol. The molecule has 0 saturated heterocycles. The zero-order chi connectivity index (χ0) is 20.8. The number of ether oxygens (including phenoxy) is 5. The maximum atomic E-state index is 12.5. The zero-order valence-corrected chi connectivity index (χ0v) is 16.2. The quantitative estimate of drug-likeness (QED) is 0.383. The molecule has 28 heavy (non-hydrogen) atoms. The molecule has 150 valence electrons. The minimum Gasteiger partial charge on any atom is -0.493 e. The Kier molecular flexibility index (Phi) is 6.64. The van der Waals surface area contributed by atoms with Crippen molar-refractivity contribution in [1.82, 2.24) is 0 Å². The summed E-state index contributed by atoms with van der Waals surface area (Å²) in [4.78, 5) is 23.2. The van der Waals surface area contributed by atoms with Gasteiger partial charge in [0.25, 0.3) is 5.69 Å². The van der Waals surface area contributed by atoms with E-state index in [-0.39, 0.29) is 23.7 Å². The van der Waals surface area contributed by atoms with E-state index in [4.69, 9.17) is 23.7 Å². The number of carbonyl (C=O) groups excluding carboxylic acids is 1. The molecule has 9 nitrogen and oxygen atoms in total. The van der Waals surface area contributed by atoms with Crippen LogP contribution in [0, 0.1) is 17.0 Å². The van der Waals surface area contributed by atoms with Crippen molar-refractivity contribution in [3.63, 3.8) is 0 Å². The van der Waals surface area contributed by atoms with E-state index in [1.807, 2.05) is 6.92 Å². The number of nitro benzene ring substituents is 1. The molecule has 0 radical (unpaired) electrons. The number of hydrogen-bond donors (Lipinski definition) is 0. The Morgan fingerprint density at radius 3 is 1.93 bits per heavy atom. The molecule has 2 aromatic rings. The molecule has 0 heterocycles. The van der Waals surface area contributed by atoms with Gasteiger partial charge in [0, 0.05) is 6.07 Å². The van der Waals surface area contributed by atoms with Crippen molar-refractivity contribution >= 4 is 11.7 Å². The van der Waals surface area contributed by atoms with Crippen LogP contribution in [0.3, 0.4) is 0 Å². The van der Waals surface area contributed by atoms with Gasteiger partial charge in [-0.1, -0.05) is 0 Å². The van der Waals surface area contributed by atoms with E-state index in [0.717, 1.165) is 11.6 Å². The fraction of sp³-hybridized carbons (Fsp3) is 0.316. The summed E-state index contributed by atoms with van der Waals surface area (Å²) in [5.74, 6) is 0.493. The molecule has 0 atom stereocenters. The molecule has 0 saturated carbocycles. The molecular formula is C19H21NO8. The molecule has 0 unspecified atom stereocenters. The second-order valence-corrected chi connectivity index (χ2v) is 5.69. The summed E-state index contributed by atoms with van der Waals surface area (Å²) in [5, 5.41) is 11.3. The minimum absolute atomic E-state index is 0.101. The number of benzene rings is 2. The van der Waals surface area contributed by atoms with Crippen LogP contribution in [0.25, 0.3) is 0 Å². The Labute approximate surface area is 161 Å². The van der Waals surface area contributed by atoms with Crippen molar-refractivity contribution in [2.45, 2.75) is 13.5 Å². The lowest BCUT2D eigenvalue weighted by Crippen LogP contribution is -2.10. The van der Waals surface area contributed by atoms with Gasteiger partial charge in [0.1, 0.15) is 12.2 Å². The van der Waals surface area contributed by atoms with Gasteiger partial charge in [0.2, 0.25) is 0 Å². The van der Waals surface area contributed by atoms with Crippen molar-refractivity contribution in [3.8, 4) is 23.0 Å². The lowest BCUT2D eigenvalue weighted by molar-refractivity contribution is -0.385. The van der Waals surface area contributed by atoms with Crippen molar-refractivity contribution in [2.24, 2.45) is 0 Å². The molecule has 0 aliphatic carbocycles. The van der Waals surface area contributed by atoms with Crippen LogP contribution < -0.4 is 18.9 Å². The molecule has 0 fully saturated rings. The van der Waals surface area contributed by atoms with E-state index in [0.29, 0.717) is 17.1 Å². The van der Waals surface area contributed by atoms with Gasteiger partial charge in [-0.15, -0.1) is 0 Å². The third kappa shape index (κ3) is 4.25. The fourth-order valence-electron chi connectivity index (χ4n) is 2.58. The highest BCUT2D eigenvalue weighted by molar-refractivity contribution is 5.95. The maximum Gasteiger partial charge on any atom is 0.345 e. The summed E-state index contributed by atoms with van der Waals surface area (Å²) in [5.41, 5.74) is 0.814. The van der Waals surface area contributed by atoms with Crippen LogP contribution in [0.1, 0.15) is 21.5 Å². The molecule has 0 amide bonds. The highest BCUT2D eigenvalue weighted by Gasteiger charge is 2.26. The third-order valence-electron chi connectivity index (χ3n) is 4.12. The number of aryl methyl sites for hydroxylation is 1. The van der Waals surface area contributed by atoms with Gasteiger partial charge in [0.05, 0.1) is 39.4 Å². The number of rotatable bonds is 8. The summed E-state index contributed by atoms with van der Waals surface area (Å²) in [6.45, 7) is 1.72. The van der Waals surface area contributed by atoms with Crippen LogP contribution >= 0.6 is 0 Å². The Morgan fingerprint density at radius 2 is 1.39 bits per heavy atom. The minimum atomic E-state index is -0.859. The smallest absolute Gasteiger partial charge is 0.345 e. The molecule has 2 rings (SSSR count). The molecule has 0 aromatic heterocycles. The maximum absolute atomic E-state index is 12.5. The Bertz CT molecular complexity index is 894. The normalized spacial score (nSPS) is 10.2. The molecule has 9 heteroatoms. The number of carbonyl (C=O) groups is 1. The van der Waals surface area contributed by atoms with E-state index in [9.17, 15) is 14.9 Å². The van der Waals surface area contributed by atoms with Crippen molar-refractivity contribution in [3.05, 3.63) is 51.1 Å². The second kappa shape index (κ2) is 8.94. The summed E-state index contributed by atoms with van der Waals surface area (Å²) in [7, 11) is 5.73. The van der Waals surface area contributed by atoms with Crippen molar-refractivity contribution in [2.75, 3.05) is 28.4 Å². The Morgan fingerprint density at radius 1 is 0.893 bits per heavy atom. The van der Waals surface area contributed by atoms with Crippen molar-refractivity contribution < 1.29 is 33.4 Å². The van der Waals surface area contributed by atoms with Gasteiger partial charge in [0.15, 0.2) is 23.0 Å². The SMILES string of the molecule is COc1cc(C)c(COC(=O)c2cc(OC)c(OC)cc2[N+](=O)[O-])cc1OC. The second-order valence-electron chi connectivity index (χ2n) is 5.69. The summed E-state index contributed by atoms with van der Waals surface area (Å²) >= 11 is 0. The van der Waals surface area contributed by atoms with Crippen LogP contribution in [0.15, 0.2) is 24.3 Å². The topological polar surface area (TPSA) is 106 Å². The van der Waals surface area contributed by atoms with Gasteiger partial charge in [-0.3, -0.25) is 10.1 Å². The zero-order valence-electron chi connectivity index (χ0n) is 16.2. The first-order valence-corrected chi connectivity index (χ1v) is 8.15. The predicted molar refractivity (Wildman–Crippen MR) is 99.6 cm³/mol. The van der Waals surface area contributed by atoms with Gasteiger partial charge >= 0.3 is 5.97 Å². The first kappa shape index (κ1) is 20.8. The Hall–Kier alpha value is -3.49. The lowest BCUT2D eigenvalue weighted by Gasteiger charge is -2.14. The van der Waals surface area contributed by atoms with Gasteiger partial charge in [-0.25, -0.2) is 4.79 Å². The molecule has 0 N–H and O–H groups in total. The van der Waals surface area contributed by atoms with E-state index in [2.05, 4.69) is 0 Å². The Balaban J connectivity index is 2.32. The van der Waals surface area contributed by atoms with E-state index < -0.39 is 16.6 Å². The van der Waals surface area contributed by atoms with Gasteiger partial charge in [-0.2, -0.15) is 0 Å². The van der Waals surface area contributed by atoms with Crippen LogP contribution in [0.2, 0.25) is 0 Å². The summed E-state index contributed by atoms with van der Waals surface area (Å²) < 4.78 is 25.9. The average molecular weight is 391 g/mol. The molecule has 2 aromatic carbocycles. The number of esters is 1. The van der Waals surface area contributed by atoms with Gasteiger partial charge < -0.3 is 23.7 Å².